The van der Waals surface area contributed by atoms with E-state index in [1.165, 1.54) is 42.4 Å². The minimum atomic E-state index is -0.415. The highest BCUT2D eigenvalue weighted by Crippen LogP contribution is 2.36. The van der Waals surface area contributed by atoms with E-state index in [9.17, 15) is 9.18 Å². The molecule has 0 saturated heterocycles. The van der Waals surface area contributed by atoms with Gasteiger partial charge in [-0.3, -0.25) is 0 Å². The lowest BCUT2D eigenvalue weighted by Crippen LogP contribution is -2.19. The Morgan fingerprint density at radius 2 is 1.90 bits per heavy atom. The number of halogens is 1. The number of anilines is 2. The van der Waals surface area contributed by atoms with Crippen LogP contribution in [0.15, 0.2) is 64.8 Å². The van der Waals surface area contributed by atoms with E-state index in [0.717, 1.165) is 27.6 Å². The molecule has 152 valence electrons. The van der Waals surface area contributed by atoms with Crippen molar-refractivity contribution < 1.29 is 9.18 Å². The number of hydrogen-bond donors (Lipinski definition) is 2. The lowest BCUT2D eigenvalue weighted by Gasteiger charge is -2.15. The monoisotopic (exact) mass is 422 g/mol. The third-order valence-electron chi connectivity index (χ3n) is 4.48. The maximum Gasteiger partial charge on any atom is 0.323 e. The Morgan fingerprint density at radius 1 is 1.13 bits per heavy atom. The van der Waals surface area contributed by atoms with Gasteiger partial charge in [0.25, 0.3) is 5.78 Å². The maximum atomic E-state index is 13.1. The molecule has 0 fully saturated rings. The maximum absolute atomic E-state index is 13.1. The van der Waals surface area contributed by atoms with Crippen LogP contribution in [0.3, 0.4) is 0 Å². The smallest absolute Gasteiger partial charge is 0.308 e. The van der Waals surface area contributed by atoms with Crippen molar-refractivity contribution in [3.05, 3.63) is 71.9 Å². The third-order valence-corrected chi connectivity index (χ3v) is 5.67. The summed E-state index contributed by atoms with van der Waals surface area (Å²) < 4.78 is 14.8. The second-order valence-corrected chi connectivity index (χ2v) is 7.52. The summed E-state index contributed by atoms with van der Waals surface area (Å²) in [6.07, 6.45) is 2.27. The molecule has 0 unspecified atom stereocenters. The number of aryl methyl sites for hydroxylation is 1. The molecule has 0 aliphatic rings. The molecular weight excluding hydrogens is 403 g/mol. The fourth-order valence-corrected chi connectivity index (χ4v) is 4.26. The molecule has 2 aromatic heterocycles. The van der Waals surface area contributed by atoms with Gasteiger partial charge in [0.1, 0.15) is 17.2 Å². The molecule has 0 aliphatic carbocycles. The summed E-state index contributed by atoms with van der Waals surface area (Å²) in [6, 6.07) is 12.7. The summed E-state index contributed by atoms with van der Waals surface area (Å²) >= 11 is 1.49. The number of nitrogens with zero attached hydrogens (tertiary/aromatic N) is 4. The fourth-order valence-electron chi connectivity index (χ4n) is 3.05. The number of fused-ring (bicyclic) bond motifs is 1. The molecule has 0 saturated carbocycles. The van der Waals surface area contributed by atoms with Crippen molar-refractivity contribution >= 4 is 34.9 Å². The van der Waals surface area contributed by atoms with Gasteiger partial charge in [-0.25, -0.2) is 14.2 Å². The molecule has 0 atom stereocenters. The fraction of sp³-hybridized carbons (Fsp3) is 0.143. The Hall–Kier alpha value is -3.46. The van der Waals surface area contributed by atoms with Gasteiger partial charge in [0, 0.05) is 21.8 Å². The Morgan fingerprint density at radius 3 is 2.67 bits per heavy atom. The quantitative estimate of drug-likeness (QED) is 0.446. The predicted molar refractivity (Wildman–Crippen MR) is 115 cm³/mol. The highest BCUT2D eigenvalue weighted by Gasteiger charge is 2.16. The minimum Gasteiger partial charge on any atom is -0.308 e. The largest absolute Gasteiger partial charge is 0.323 e. The Balaban J connectivity index is 1.61. The summed E-state index contributed by atoms with van der Waals surface area (Å²) in [5.74, 6) is 0.174. The molecule has 2 aromatic carbocycles. The van der Waals surface area contributed by atoms with Crippen LogP contribution in [-0.4, -0.2) is 25.6 Å². The highest BCUT2D eigenvalue weighted by molar-refractivity contribution is 7.99. The Bertz CT molecular complexity index is 1210. The van der Waals surface area contributed by atoms with Gasteiger partial charge < -0.3 is 10.6 Å². The van der Waals surface area contributed by atoms with E-state index in [2.05, 4.69) is 32.6 Å². The first-order valence-electron chi connectivity index (χ1n) is 9.35. The summed E-state index contributed by atoms with van der Waals surface area (Å²) in [5.41, 5.74) is 3.12. The first kappa shape index (κ1) is 19.8. The van der Waals surface area contributed by atoms with Gasteiger partial charge in [-0.1, -0.05) is 30.8 Å². The van der Waals surface area contributed by atoms with Gasteiger partial charge in [-0.05, 0) is 49.7 Å². The summed E-state index contributed by atoms with van der Waals surface area (Å²) in [4.78, 5) is 22.0. The van der Waals surface area contributed by atoms with Crippen molar-refractivity contribution in [2.45, 2.75) is 30.2 Å². The number of aromatic nitrogens is 4. The number of rotatable bonds is 5. The van der Waals surface area contributed by atoms with Crippen molar-refractivity contribution in [3.63, 3.8) is 0 Å². The minimum absolute atomic E-state index is 0.360. The first-order chi connectivity index (χ1) is 14.5. The van der Waals surface area contributed by atoms with Crippen LogP contribution in [0, 0.1) is 12.7 Å². The third kappa shape index (κ3) is 4.11. The van der Waals surface area contributed by atoms with Crippen molar-refractivity contribution in [1.29, 1.82) is 0 Å². The number of para-hydroxylation sites is 1. The highest BCUT2D eigenvalue weighted by atomic mass is 32.2. The van der Waals surface area contributed by atoms with Crippen LogP contribution in [-0.2, 0) is 6.42 Å². The second-order valence-electron chi connectivity index (χ2n) is 6.49. The van der Waals surface area contributed by atoms with E-state index in [0.29, 0.717) is 17.2 Å². The molecule has 30 heavy (non-hydrogen) atoms. The number of carbonyl (C=O) groups is 1. The van der Waals surface area contributed by atoms with E-state index in [-0.39, 0.29) is 5.82 Å². The molecule has 4 rings (SSSR count). The van der Waals surface area contributed by atoms with E-state index < -0.39 is 6.03 Å². The zero-order valence-corrected chi connectivity index (χ0v) is 17.2. The normalized spacial score (nSPS) is 10.9. The molecule has 4 aromatic rings. The predicted octanol–water partition coefficient (Wildman–Crippen LogP) is 4.93. The van der Waals surface area contributed by atoms with E-state index >= 15 is 0 Å². The van der Waals surface area contributed by atoms with Gasteiger partial charge in [-0.2, -0.15) is 14.6 Å². The van der Waals surface area contributed by atoms with Gasteiger partial charge in [0.2, 0.25) is 0 Å². The molecule has 7 nitrogen and oxygen atoms in total. The van der Waals surface area contributed by atoms with Crippen LogP contribution in [0.1, 0.15) is 18.2 Å². The molecule has 0 bridgehead atoms. The van der Waals surface area contributed by atoms with Gasteiger partial charge >= 0.3 is 6.03 Å². The summed E-state index contributed by atoms with van der Waals surface area (Å²) in [5, 5.41) is 10.8. The van der Waals surface area contributed by atoms with Crippen LogP contribution in [0.2, 0.25) is 0 Å². The van der Waals surface area contributed by atoms with E-state index in [1.807, 2.05) is 31.2 Å². The number of benzene rings is 2. The standard InChI is InChI=1S/C21H19FN6OS/c1-3-16-13(2)25-20-23-12-24-28(20)19(16)30-18-7-5-4-6-17(18)27-21(29)26-15-10-8-14(22)9-11-15/h4-12H,3H2,1-2H3,(H2,26,27,29). The molecule has 2 N–H and O–H groups in total. The molecule has 0 radical (unpaired) electrons. The Kier molecular flexibility index (Phi) is 5.62. The number of hydrogen-bond acceptors (Lipinski definition) is 5. The average Bonchev–Trinajstić information content (AvgIpc) is 3.19. The van der Waals surface area contributed by atoms with Crippen LogP contribution in [0.4, 0.5) is 20.6 Å². The molecular formula is C21H19FN6OS. The molecule has 2 amide bonds. The molecule has 0 spiro atoms. The molecule has 0 aliphatic heterocycles. The topological polar surface area (TPSA) is 84.2 Å². The number of nitrogens with one attached hydrogen (secondary N) is 2. The van der Waals surface area contributed by atoms with Gasteiger partial charge in [0.15, 0.2) is 0 Å². The number of carbonyl (C=O) groups excluding carboxylic acids is 1. The number of amides is 2. The van der Waals surface area contributed by atoms with Crippen LogP contribution >= 0.6 is 11.8 Å². The Labute approximate surface area is 176 Å². The van der Waals surface area contributed by atoms with Gasteiger partial charge in [0.05, 0.1) is 5.69 Å². The number of urea groups is 1. The second kappa shape index (κ2) is 8.50. The first-order valence-corrected chi connectivity index (χ1v) is 10.2. The van der Waals surface area contributed by atoms with E-state index in [1.54, 1.807) is 4.52 Å². The zero-order chi connectivity index (χ0) is 21.1. The lowest BCUT2D eigenvalue weighted by atomic mass is 10.2. The molecule has 2 heterocycles. The van der Waals surface area contributed by atoms with Crippen molar-refractivity contribution in [3.8, 4) is 0 Å². The van der Waals surface area contributed by atoms with Crippen molar-refractivity contribution in [1.82, 2.24) is 19.6 Å². The summed E-state index contributed by atoms with van der Waals surface area (Å²) in [6.45, 7) is 4.02. The van der Waals surface area contributed by atoms with Gasteiger partial charge in [-0.15, -0.1) is 0 Å². The SMILES string of the molecule is CCc1c(C)nc2ncnn2c1Sc1ccccc1NC(=O)Nc1ccc(F)cc1. The summed E-state index contributed by atoms with van der Waals surface area (Å²) in [7, 11) is 0. The van der Waals surface area contributed by atoms with Crippen molar-refractivity contribution in [2.24, 2.45) is 0 Å². The van der Waals surface area contributed by atoms with E-state index in [4.69, 9.17) is 0 Å². The van der Waals surface area contributed by atoms with Crippen LogP contribution in [0.5, 0.6) is 0 Å². The molecule has 9 heteroatoms. The average molecular weight is 422 g/mol. The lowest BCUT2D eigenvalue weighted by molar-refractivity contribution is 0.262. The zero-order valence-electron chi connectivity index (χ0n) is 16.4. The van der Waals surface area contributed by atoms with Crippen molar-refractivity contribution in [2.75, 3.05) is 10.6 Å². The van der Waals surface area contributed by atoms with Crippen LogP contribution < -0.4 is 10.6 Å². The van der Waals surface area contributed by atoms with Crippen LogP contribution in [0.25, 0.3) is 5.78 Å².